The summed E-state index contributed by atoms with van der Waals surface area (Å²) in [4.78, 5) is 17.3. The quantitative estimate of drug-likeness (QED) is 0.742. The van der Waals surface area contributed by atoms with E-state index < -0.39 is 0 Å². The van der Waals surface area contributed by atoms with Gasteiger partial charge in [-0.2, -0.15) is 0 Å². The number of likely N-dealkylation sites (tertiary alicyclic amines) is 1. The summed E-state index contributed by atoms with van der Waals surface area (Å²) in [6.07, 6.45) is 4.99. The number of pyridine rings is 1. The molecule has 27 heavy (non-hydrogen) atoms. The number of nitrogens with one attached hydrogen (secondary N) is 1. The van der Waals surface area contributed by atoms with E-state index in [1.807, 2.05) is 24.4 Å². The van der Waals surface area contributed by atoms with Crippen molar-refractivity contribution >= 4 is 10.8 Å². The first kappa shape index (κ1) is 17.8. The van der Waals surface area contributed by atoms with Crippen LogP contribution in [0.4, 0.5) is 0 Å². The summed E-state index contributed by atoms with van der Waals surface area (Å²) in [7, 11) is 0. The number of rotatable bonds is 5. The van der Waals surface area contributed by atoms with Crippen LogP contribution in [0.5, 0.6) is 5.75 Å². The van der Waals surface area contributed by atoms with Crippen LogP contribution in [0.15, 0.2) is 59.5 Å². The zero-order chi connectivity index (χ0) is 18.6. The molecule has 0 atom stereocenters. The number of hydrogen-bond donors (Lipinski definition) is 1. The molecule has 4 nitrogen and oxygen atoms in total. The van der Waals surface area contributed by atoms with Gasteiger partial charge < -0.3 is 9.72 Å². The Morgan fingerprint density at radius 1 is 1.07 bits per heavy atom. The smallest absolute Gasteiger partial charge is 0.255 e. The third-order valence-corrected chi connectivity index (χ3v) is 5.43. The molecule has 2 aromatic carbocycles. The summed E-state index contributed by atoms with van der Waals surface area (Å²) in [5.41, 5.74) is 2.47. The van der Waals surface area contributed by atoms with Gasteiger partial charge in [0.05, 0.1) is 0 Å². The molecule has 1 aliphatic rings. The lowest BCUT2D eigenvalue weighted by Crippen LogP contribution is -2.37. The van der Waals surface area contributed by atoms with Gasteiger partial charge in [-0.3, -0.25) is 9.69 Å². The molecule has 3 aromatic rings. The second-order valence-corrected chi connectivity index (χ2v) is 7.28. The third-order valence-electron chi connectivity index (χ3n) is 5.43. The molecule has 1 aliphatic heterocycles. The molecule has 1 fully saturated rings. The summed E-state index contributed by atoms with van der Waals surface area (Å²) < 4.78 is 6.26. The van der Waals surface area contributed by atoms with E-state index in [9.17, 15) is 4.79 Å². The van der Waals surface area contributed by atoms with Gasteiger partial charge in [0.15, 0.2) is 0 Å². The van der Waals surface area contributed by atoms with Crippen molar-refractivity contribution < 1.29 is 4.74 Å². The average molecular weight is 362 g/mol. The van der Waals surface area contributed by atoms with Crippen LogP contribution >= 0.6 is 0 Å². The average Bonchev–Trinajstić information content (AvgIpc) is 2.71. The second-order valence-electron chi connectivity index (χ2n) is 7.28. The van der Waals surface area contributed by atoms with Gasteiger partial charge in [-0.15, -0.1) is 0 Å². The molecule has 0 unspecified atom stereocenters. The SMILES string of the molecule is CCc1c[nH]c(=O)c2ccc(OC3CCN(Cc4ccccc4)CC3)cc12. The number of benzene rings is 2. The Kier molecular flexibility index (Phi) is 5.26. The van der Waals surface area contributed by atoms with Crippen molar-refractivity contribution in [3.05, 3.63) is 76.2 Å². The van der Waals surface area contributed by atoms with Crippen molar-refractivity contribution in [2.24, 2.45) is 0 Å². The zero-order valence-electron chi connectivity index (χ0n) is 15.8. The number of fused-ring (bicyclic) bond motifs is 1. The van der Waals surface area contributed by atoms with E-state index in [0.717, 1.165) is 61.0 Å². The van der Waals surface area contributed by atoms with Gasteiger partial charge >= 0.3 is 0 Å². The molecule has 4 heteroatoms. The number of H-pyrrole nitrogens is 1. The first-order valence-electron chi connectivity index (χ1n) is 9.80. The number of aromatic nitrogens is 1. The van der Waals surface area contributed by atoms with Gasteiger partial charge in [0, 0.05) is 31.2 Å². The standard InChI is InChI=1S/C23H26N2O2/c1-2-18-15-24-23(26)21-9-8-20(14-22(18)21)27-19-10-12-25(13-11-19)16-17-6-4-3-5-7-17/h3-9,14-15,19H,2,10-13,16H2,1H3,(H,24,26). The van der Waals surface area contributed by atoms with E-state index in [-0.39, 0.29) is 11.7 Å². The molecule has 4 rings (SSSR count). The Hall–Kier alpha value is -2.59. The second kappa shape index (κ2) is 7.97. The van der Waals surface area contributed by atoms with Crippen molar-refractivity contribution in [3.63, 3.8) is 0 Å². The molecule has 0 radical (unpaired) electrons. The Morgan fingerprint density at radius 2 is 1.85 bits per heavy atom. The van der Waals surface area contributed by atoms with Crippen LogP contribution in [-0.2, 0) is 13.0 Å². The first-order valence-corrected chi connectivity index (χ1v) is 9.80. The van der Waals surface area contributed by atoms with Crippen molar-refractivity contribution in [1.29, 1.82) is 0 Å². The largest absolute Gasteiger partial charge is 0.490 e. The summed E-state index contributed by atoms with van der Waals surface area (Å²) >= 11 is 0. The fourth-order valence-electron chi connectivity index (χ4n) is 3.88. The maximum absolute atomic E-state index is 12.0. The highest BCUT2D eigenvalue weighted by atomic mass is 16.5. The van der Waals surface area contributed by atoms with E-state index in [1.54, 1.807) is 0 Å². The minimum atomic E-state index is -0.0389. The van der Waals surface area contributed by atoms with E-state index in [1.165, 1.54) is 5.56 Å². The Bertz CT molecular complexity index is 957. The van der Waals surface area contributed by atoms with Crippen LogP contribution < -0.4 is 10.3 Å². The molecular weight excluding hydrogens is 336 g/mol. The van der Waals surface area contributed by atoms with Crippen LogP contribution in [0, 0.1) is 0 Å². The Morgan fingerprint density at radius 3 is 2.59 bits per heavy atom. The number of aryl methyl sites for hydroxylation is 1. The van der Waals surface area contributed by atoms with Crippen molar-refractivity contribution in [3.8, 4) is 5.75 Å². The number of piperidine rings is 1. The molecule has 0 spiro atoms. The topological polar surface area (TPSA) is 45.3 Å². The molecule has 140 valence electrons. The Labute approximate surface area is 159 Å². The van der Waals surface area contributed by atoms with Crippen molar-refractivity contribution in [2.45, 2.75) is 38.8 Å². The fraction of sp³-hybridized carbons (Fsp3) is 0.348. The maximum atomic E-state index is 12.0. The normalized spacial score (nSPS) is 15.9. The first-order chi connectivity index (χ1) is 13.2. The van der Waals surface area contributed by atoms with Gasteiger partial charge in [-0.25, -0.2) is 0 Å². The van der Waals surface area contributed by atoms with Crippen LogP contribution in [0.25, 0.3) is 10.8 Å². The molecular formula is C23H26N2O2. The molecule has 0 bridgehead atoms. The number of ether oxygens (including phenoxy) is 1. The van der Waals surface area contributed by atoms with Gasteiger partial charge in [0.1, 0.15) is 11.9 Å². The summed E-state index contributed by atoms with van der Waals surface area (Å²) in [5.74, 6) is 0.865. The highest BCUT2D eigenvalue weighted by molar-refractivity contribution is 5.85. The monoisotopic (exact) mass is 362 g/mol. The zero-order valence-corrected chi connectivity index (χ0v) is 15.8. The molecule has 1 N–H and O–H groups in total. The predicted octanol–water partition coefficient (Wildman–Crippen LogP) is 4.13. The highest BCUT2D eigenvalue weighted by Crippen LogP contribution is 2.25. The van der Waals surface area contributed by atoms with Gasteiger partial charge in [-0.1, -0.05) is 37.3 Å². The van der Waals surface area contributed by atoms with Gasteiger partial charge in [0.2, 0.25) is 0 Å². The number of hydrogen-bond acceptors (Lipinski definition) is 3. The van der Waals surface area contributed by atoms with Crippen LogP contribution in [0.1, 0.15) is 30.9 Å². The number of aromatic amines is 1. The van der Waals surface area contributed by atoms with Crippen LogP contribution in [0.2, 0.25) is 0 Å². The van der Waals surface area contributed by atoms with Crippen molar-refractivity contribution in [1.82, 2.24) is 9.88 Å². The minimum Gasteiger partial charge on any atom is -0.490 e. The molecule has 1 aromatic heterocycles. The summed E-state index contributed by atoms with van der Waals surface area (Å²) in [6.45, 7) is 5.20. The lowest BCUT2D eigenvalue weighted by atomic mass is 10.0. The van der Waals surface area contributed by atoms with E-state index in [2.05, 4.69) is 47.1 Å². The van der Waals surface area contributed by atoms with Gasteiger partial charge in [-0.05, 0) is 54.0 Å². The lowest BCUT2D eigenvalue weighted by Gasteiger charge is -2.32. The van der Waals surface area contributed by atoms with Crippen LogP contribution in [-0.4, -0.2) is 29.1 Å². The molecule has 0 amide bonds. The third kappa shape index (κ3) is 4.06. The van der Waals surface area contributed by atoms with Gasteiger partial charge in [0.25, 0.3) is 5.56 Å². The minimum absolute atomic E-state index is 0.0389. The van der Waals surface area contributed by atoms with Crippen molar-refractivity contribution in [2.75, 3.05) is 13.1 Å². The van der Waals surface area contributed by atoms with E-state index >= 15 is 0 Å². The number of nitrogens with zero attached hydrogens (tertiary/aromatic N) is 1. The lowest BCUT2D eigenvalue weighted by molar-refractivity contribution is 0.0969. The van der Waals surface area contributed by atoms with E-state index in [0.29, 0.717) is 0 Å². The van der Waals surface area contributed by atoms with Crippen LogP contribution in [0.3, 0.4) is 0 Å². The van der Waals surface area contributed by atoms with E-state index in [4.69, 9.17) is 4.74 Å². The molecule has 1 saturated heterocycles. The molecule has 0 aliphatic carbocycles. The molecule has 0 saturated carbocycles. The Balaban J connectivity index is 1.41. The fourth-order valence-corrected chi connectivity index (χ4v) is 3.88. The highest BCUT2D eigenvalue weighted by Gasteiger charge is 2.20. The predicted molar refractivity (Wildman–Crippen MR) is 109 cm³/mol. The maximum Gasteiger partial charge on any atom is 0.255 e. The summed E-state index contributed by atoms with van der Waals surface area (Å²) in [5, 5.41) is 1.74. The molecule has 2 heterocycles. The summed E-state index contributed by atoms with van der Waals surface area (Å²) in [6, 6.07) is 16.5.